The Labute approximate surface area is 133 Å². The summed E-state index contributed by atoms with van der Waals surface area (Å²) in [5.74, 6) is -0.223. The molecule has 1 saturated heterocycles. The Morgan fingerprint density at radius 1 is 1.00 bits per heavy atom. The van der Waals surface area contributed by atoms with E-state index in [1.54, 1.807) is 6.08 Å². The van der Waals surface area contributed by atoms with E-state index in [0.717, 1.165) is 28.5 Å². The third kappa shape index (κ3) is 3.12. The number of imide groups is 1. The van der Waals surface area contributed by atoms with Crippen LogP contribution in [0.3, 0.4) is 0 Å². The first-order valence-corrected chi connectivity index (χ1v) is 7.81. The lowest BCUT2D eigenvalue weighted by atomic mass is 10.1. The number of rotatable bonds is 3. The standard InChI is InChI=1S/C18H15NO2S/c1-13-7-9-15(10-8-13)12-19-17(20)16(22-18(19)21)11-14-5-3-2-4-6-14/h2-11H,12H2,1H3/b16-11-. The van der Waals surface area contributed by atoms with Crippen LogP contribution in [0.25, 0.3) is 6.08 Å². The van der Waals surface area contributed by atoms with E-state index in [1.807, 2.05) is 61.5 Å². The number of hydrogen-bond acceptors (Lipinski definition) is 3. The molecule has 0 bridgehead atoms. The van der Waals surface area contributed by atoms with Crippen molar-refractivity contribution in [3.63, 3.8) is 0 Å². The van der Waals surface area contributed by atoms with Gasteiger partial charge in [0.25, 0.3) is 11.1 Å². The van der Waals surface area contributed by atoms with E-state index in [0.29, 0.717) is 11.4 Å². The molecule has 1 fully saturated rings. The van der Waals surface area contributed by atoms with E-state index >= 15 is 0 Å². The average molecular weight is 309 g/mol. The summed E-state index contributed by atoms with van der Waals surface area (Å²) in [7, 11) is 0. The molecule has 110 valence electrons. The van der Waals surface area contributed by atoms with E-state index in [4.69, 9.17) is 0 Å². The number of nitrogens with zero attached hydrogens (tertiary/aromatic N) is 1. The van der Waals surface area contributed by atoms with Crippen LogP contribution in [0.4, 0.5) is 4.79 Å². The van der Waals surface area contributed by atoms with E-state index in [2.05, 4.69) is 0 Å². The van der Waals surface area contributed by atoms with E-state index < -0.39 is 0 Å². The van der Waals surface area contributed by atoms with Crippen LogP contribution in [0.5, 0.6) is 0 Å². The highest BCUT2D eigenvalue weighted by Gasteiger charge is 2.34. The van der Waals surface area contributed by atoms with Crippen molar-refractivity contribution in [3.05, 3.63) is 76.2 Å². The van der Waals surface area contributed by atoms with Crippen molar-refractivity contribution in [2.45, 2.75) is 13.5 Å². The van der Waals surface area contributed by atoms with Crippen LogP contribution >= 0.6 is 11.8 Å². The zero-order valence-electron chi connectivity index (χ0n) is 12.2. The Balaban J connectivity index is 1.80. The molecule has 3 rings (SSSR count). The first-order chi connectivity index (χ1) is 10.6. The summed E-state index contributed by atoms with van der Waals surface area (Å²) in [6, 6.07) is 17.4. The summed E-state index contributed by atoms with van der Waals surface area (Å²) < 4.78 is 0. The molecule has 1 aliphatic heterocycles. The Bertz CT molecular complexity index is 735. The van der Waals surface area contributed by atoms with Crippen LogP contribution in [0.15, 0.2) is 59.5 Å². The van der Waals surface area contributed by atoms with Crippen LogP contribution in [0.1, 0.15) is 16.7 Å². The van der Waals surface area contributed by atoms with Crippen LogP contribution in [0.2, 0.25) is 0 Å². The third-order valence-electron chi connectivity index (χ3n) is 3.43. The second-order valence-corrected chi connectivity index (χ2v) is 6.16. The maximum atomic E-state index is 12.4. The highest BCUT2D eigenvalue weighted by molar-refractivity contribution is 8.18. The summed E-state index contributed by atoms with van der Waals surface area (Å²) in [5.41, 5.74) is 3.03. The normalized spacial score (nSPS) is 16.6. The first-order valence-electron chi connectivity index (χ1n) is 6.99. The smallest absolute Gasteiger partial charge is 0.268 e. The average Bonchev–Trinajstić information content (AvgIpc) is 2.78. The second-order valence-electron chi connectivity index (χ2n) is 5.16. The minimum atomic E-state index is -0.223. The molecular weight excluding hydrogens is 294 g/mol. The van der Waals surface area contributed by atoms with Crippen molar-refractivity contribution in [1.29, 1.82) is 0 Å². The van der Waals surface area contributed by atoms with Gasteiger partial charge in [-0.15, -0.1) is 0 Å². The molecule has 0 saturated carbocycles. The van der Waals surface area contributed by atoms with E-state index in [1.165, 1.54) is 4.90 Å². The molecule has 0 aromatic heterocycles. The van der Waals surface area contributed by atoms with Gasteiger partial charge in [-0.1, -0.05) is 60.2 Å². The molecule has 1 aliphatic rings. The molecule has 2 aromatic carbocycles. The molecule has 1 heterocycles. The number of benzene rings is 2. The van der Waals surface area contributed by atoms with E-state index in [9.17, 15) is 9.59 Å². The van der Waals surface area contributed by atoms with Gasteiger partial charge >= 0.3 is 0 Å². The SMILES string of the molecule is Cc1ccc(CN2C(=O)S/C(=C\c3ccccc3)C2=O)cc1. The number of amides is 2. The summed E-state index contributed by atoms with van der Waals surface area (Å²) in [5, 5.41) is -0.215. The lowest BCUT2D eigenvalue weighted by molar-refractivity contribution is -0.123. The fourth-order valence-electron chi connectivity index (χ4n) is 2.21. The molecule has 4 heteroatoms. The fourth-order valence-corrected chi connectivity index (χ4v) is 3.05. The molecule has 2 aromatic rings. The Hall–Kier alpha value is -2.33. The number of hydrogen-bond donors (Lipinski definition) is 0. The van der Waals surface area contributed by atoms with Gasteiger partial charge < -0.3 is 0 Å². The van der Waals surface area contributed by atoms with Gasteiger partial charge in [0.1, 0.15) is 0 Å². The van der Waals surface area contributed by atoms with Crippen LogP contribution in [0, 0.1) is 6.92 Å². The van der Waals surface area contributed by atoms with E-state index in [-0.39, 0.29) is 11.1 Å². The van der Waals surface area contributed by atoms with Gasteiger partial charge in [0, 0.05) is 0 Å². The van der Waals surface area contributed by atoms with Crippen molar-refractivity contribution in [2.75, 3.05) is 0 Å². The van der Waals surface area contributed by atoms with Gasteiger partial charge in [0.05, 0.1) is 11.4 Å². The summed E-state index contributed by atoms with van der Waals surface area (Å²) in [4.78, 5) is 26.3. The number of aryl methyl sites for hydroxylation is 1. The predicted octanol–water partition coefficient (Wildman–Crippen LogP) is 4.23. The van der Waals surface area contributed by atoms with Gasteiger partial charge in [-0.25, -0.2) is 0 Å². The van der Waals surface area contributed by atoms with Crippen molar-refractivity contribution in [3.8, 4) is 0 Å². The third-order valence-corrected chi connectivity index (χ3v) is 4.34. The maximum absolute atomic E-state index is 12.4. The Morgan fingerprint density at radius 2 is 1.68 bits per heavy atom. The molecule has 2 amide bonds. The lowest BCUT2D eigenvalue weighted by Crippen LogP contribution is -2.27. The molecular formula is C18H15NO2S. The maximum Gasteiger partial charge on any atom is 0.293 e. The molecule has 0 unspecified atom stereocenters. The predicted molar refractivity (Wildman–Crippen MR) is 89.1 cm³/mol. The topological polar surface area (TPSA) is 37.4 Å². The van der Waals surface area contributed by atoms with Crippen LogP contribution < -0.4 is 0 Å². The molecule has 3 nitrogen and oxygen atoms in total. The molecule has 0 atom stereocenters. The fraction of sp³-hybridized carbons (Fsp3) is 0.111. The Morgan fingerprint density at radius 3 is 2.36 bits per heavy atom. The van der Waals surface area contributed by atoms with Crippen molar-refractivity contribution >= 4 is 29.0 Å². The number of carbonyl (C=O) groups excluding carboxylic acids is 2. The van der Waals surface area contributed by atoms with Gasteiger partial charge in [0.15, 0.2) is 0 Å². The lowest BCUT2D eigenvalue weighted by Gasteiger charge is -2.12. The highest BCUT2D eigenvalue weighted by atomic mass is 32.2. The monoisotopic (exact) mass is 309 g/mol. The zero-order valence-corrected chi connectivity index (χ0v) is 13.0. The van der Waals surface area contributed by atoms with Gasteiger partial charge in [-0.2, -0.15) is 0 Å². The quantitative estimate of drug-likeness (QED) is 0.796. The summed E-state index contributed by atoms with van der Waals surface area (Å²) in [6.07, 6.45) is 1.76. The molecule has 0 spiro atoms. The minimum absolute atomic E-state index is 0.215. The highest BCUT2D eigenvalue weighted by Crippen LogP contribution is 2.33. The number of carbonyl (C=O) groups is 2. The number of thioether (sulfide) groups is 1. The second kappa shape index (κ2) is 6.20. The molecule has 22 heavy (non-hydrogen) atoms. The Kier molecular flexibility index (Phi) is 4.11. The first kappa shape index (κ1) is 14.6. The zero-order chi connectivity index (χ0) is 15.5. The molecule has 0 radical (unpaired) electrons. The van der Waals surface area contributed by atoms with Crippen molar-refractivity contribution in [2.24, 2.45) is 0 Å². The van der Waals surface area contributed by atoms with Gasteiger partial charge in [0.2, 0.25) is 0 Å². The molecule has 0 N–H and O–H groups in total. The molecule has 0 aliphatic carbocycles. The van der Waals surface area contributed by atoms with Crippen molar-refractivity contribution in [1.82, 2.24) is 4.90 Å². The summed E-state index contributed by atoms with van der Waals surface area (Å²) >= 11 is 0.998. The largest absolute Gasteiger partial charge is 0.293 e. The van der Waals surface area contributed by atoms with Crippen LogP contribution in [-0.4, -0.2) is 16.0 Å². The minimum Gasteiger partial charge on any atom is -0.268 e. The van der Waals surface area contributed by atoms with Gasteiger partial charge in [-0.3, -0.25) is 14.5 Å². The van der Waals surface area contributed by atoms with Gasteiger partial charge in [-0.05, 0) is 35.9 Å². The van der Waals surface area contributed by atoms with Crippen LogP contribution in [-0.2, 0) is 11.3 Å². The summed E-state index contributed by atoms with van der Waals surface area (Å²) in [6.45, 7) is 2.32. The van der Waals surface area contributed by atoms with Crippen molar-refractivity contribution < 1.29 is 9.59 Å².